The van der Waals surface area contributed by atoms with Gasteiger partial charge in [-0.25, -0.2) is 13.2 Å². The molecule has 1 fully saturated rings. The van der Waals surface area contributed by atoms with Crippen molar-refractivity contribution in [1.29, 1.82) is 0 Å². The van der Waals surface area contributed by atoms with Crippen LogP contribution in [-0.4, -0.2) is 70.1 Å². The predicted molar refractivity (Wildman–Crippen MR) is 104 cm³/mol. The van der Waals surface area contributed by atoms with Gasteiger partial charge in [-0.3, -0.25) is 4.79 Å². The van der Waals surface area contributed by atoms with E-state index in [1.54, 1.807) is 6.07 Å². The standard InChI is InChI=1S/C19H27NO7S/c1-4-5-7-20(15-6-8-28(23,24)13-15)18(21)12-27-19(22)14-9-16(25-2)11-17(10-14)26-3/h9-11,15H,4-8,12-13H2,1-3H3/t15-/m1/s1. The fourth-order valence-electron chi connectivity index (χ4n) is 3.08. The number of amides is 1. The first-order chi connectivity index (χ1) is 13.3. The number of sulfone groups is 1. The summed E-state index contributed by atoms with van der Waals surface area (Å²) in [7, 11) is -0.184. The average Bonchev–Trinajstić information content (AvgIpc) is 3.05. The van der Waals surface area contributed by atoms with Crippen LogP contribution in [0.2, 0.25) is 0 Å². The Bertz CT molecular complexity index is 784. The number of unbranched alkanes of at least 4 members (excludes halogenated alkanes) is 1. The smallest absolute Gasteiger partial charge is 0.338 e. The zero-order valence-corrected chi connectivity index (χ0v) is 17.3. The largest absolute Gasteiger partial charge is 0.497 e. The highest BCUT2D eigenvalue weighted by molar-refractivity contribution is 7.91. The quantitative estimate of drug-likeness (QED) is 0.568. The molecule has 0 aliphatic carbocycles. The normalized spacial score (nSPS) is 17.8. The number of carbonyl (C=O) groups excluding carboxylic acids is 2. The fraction of sp³-hybridized carbons (Fsp3) is 0.579. The third-order valence-electron chi connectivity index (χ3n) is 4.64. The first-order valence-corrected chi connectivity index (χ1v) is 11.0. The second kappa shape index (κ2) is 9.77. The van der Waals surface area contributed by atoms with E-state index in [1.165, 1.54) is 31.3 Å². The topological polar surface area (TPSA) is 99.2 Å². The van der Waals surface area contributed by atoms with Crippen molar-refractivity contribution in [2.45, 2.75) is 32.2 Å². The summed E-state index contributed by atoms with van der Waals surface area (Å²) in [6, 6.07) is 4.25. The summed E-state index contributed by atoms with van der Waals surface area (Å²) in [5, 5.41) is 0. The van der Waals surface area contributed by atoms with Gasteiger partial charge in [-0.1, -0.05) is 13.3 Å². The van der Waals surface area contributed by atoms with E-state index >= 15 is 0 Å². The number of ether oxygens (including phenoxy) is 3. The first kappa shape index (κ1) is 22.0. The summed E-state index contributed by atoms with van der Waals surface area (Å²) >= 11 is 0. The molecule has 1 heterocycles. The maximum atomic E-state index is 12.6. The van der Waals surface area contributed by atoms with Crippen LogP contribution in [0.5, 0.6) is 11.5 Å². The van der Waals surface area contributed by atoms with Crippen LogP contribution < -0.4 is 9.47 Å². The molecule has 1 aromatic carbocycles. The zero-order valence-electron chi connectivity index (χ0n) is 16.5. The van der Waals surface area contributed by atoms with Crippen LogP contribution in [-0.2, 0) is 19.4 Å². The lowest BCUT2D eigenvalue weighted by Crippen LogP contribution is -2.43. The Balaban J connectivity index is 2.04. The molecule has 1 aliphatic heterocycles. The first-order valence-electron chi connectivity index (χ1n) is 9.19. The predicted octanol–water partition coefficient (Wildman–Crippen LogP) is 1.68. The monoisotopic (exact) mass is 413 g/mol. The summed E-state index contributed by atoms with van der Waals surface area (Å²) in [6.45, 7) is 1.99. The number of nitrogens with zero attached hydrogens (tertiary/aromatic N) is 1. The molecule has 8 nitrogen and oxygen atoms in total. The van der Waals surface area contributed by atoms with Crippen molar-refractivity contribution in [3.05, 3.63) is 23.8 Å². The number of rotatable bonds is 9. The van der Waals surface area contributed by atoms with Crippen LogP contribution in [0.4, 0.5) is 0 Å². The van der Waals surface area contributed by atoms with E-state index in [4.69, 9.17) is 14.2 Å². The molecule has 0 radical (unpaired) electrons. The number of methoxy groups -OCH3 is 2. The van der Waals surface area contributed by atoms with Crippen LogP contribution in [0.25, 0.3) is 0 Å². The van der Waals surface area contributed by atoms with E-state index < -0.39 is 28.3 Å². The molecule has 1 aliphatic rings. The number of hydrogen-bond acceptors (Lipinski definition) is 7. The van der Waals surface area contributed by atoms with Gasteiger partial charge in [0, 0.05) is 18.7 Å². The van der Waals surface area contributed by atoms with Crippen LogP contribution in [0, 0.1) is 0 Å². The van der Waals surface area contributed by atoms with E-state index in [0.717, 1.165) is 12.8 Å². The molecule has 2 rings (SSSR count). The average molecular weight is 413 g/mol. The van der Waals surface area contributed by atoms with Crippen LogP contribution >= 0.6 is 0 Å². The number of carbonyl (C=O) groups is 2. The van der Waals surface area contributed by atoms with Crippen LogP contribution in [0.1, 0.15) is 36.5 Å². The molecule has 1 atom stereocenters. The SMILES string of the molecule is CCCCN(C(=O)COC(=O)c1cc(OC)cc(OC)c1)[C@@H]1CCS(=O)(=O)C1. The number of esters is 1. The van der Waals surface area contributed by atoms with Gasteiger partial charge in [0.1, 0.15) is 11.5 Å². The van der Waals surface area contributed by atoms with Crippen molar-refractivity contribution in [2.75, 3.05) is 38.9 Å². The lowest BCUT2D eigenvalue weighted by atomic mass is 10.2. The van der Waals surface area contributed by atoms with E-state index in [2.05, 4.69) is 0 Å². The molecular weight excluding hydrogens is 386 g/mol. The van der Waals surface area contributed by atoms with Gasteiger partial charge in [-0.15, -0.1) is 0 Å². The highest BCUT2D eigenvalue weighted by Gasteiger charge is 2.34. The van der Waals surface area contributed by atoms with Gasteiger partial charge in [0.15, 0.2) is 16.4 Å². The van der Waals surface area contributed by atoms with Crippen molar-refractivity contribution in [3.8, 4) is 11.5 Å². The van der Waals surface area contributed by atoms with Gasteiger partial charge in [0.25, 0.3) is 5.91 Å². The third kappa shape index (κ3) is 5.85. The van der Waals surface area contributed by atoms with Crippen molar-refractivity contribution >= 4 is 21.7 Å². The molecule has 0 aromatic heterocycles. The molecule has 0 unspecified atom stereocenters. The minimum Gasteiger partial charge on any atom is -0.497 e. The third-order valence-corrected chi connectivity index (χ3v) is 6.39. The van der Waals surface area contributed by atoms with Crippen molar-refractivity contribution in [3.63, 3.8) is 0 Å². The highest BCUT2D eigenvalue weighted by atomic mass is 32.2. The molecular formula is C19H27NO7S. The molecule has 1 aromatic rings. The lowest BCUT2D eigenvalue weighted by molar-refractivity contribution is -0.136. The van der Waals surface area contributed by atoms with E-state index in [0.29, 0.717) is 24.5 Å². The highest BCUT2D eigenvalue weighted by Crippen LogP contribution is 2.23. The van der Waals surface area contributed by atoms with Gasteiger partial charge in [0.05, 0.1) is 31.3 Å². The maximum absolute atomic E-state index is 12.6. The Labute approximate surface area is 165 Å². The Morgan fingerprint density at radius 1 is 1.14 bits per heavy atom. The van der Waals surface area contributed by atoms with Crippen LogP contribution in [0.3, 0.4) is 0 Å². The lowest BCUT2D eigenvalue weighted by Gasteiger charge is -2.28. The fourth-order valence-corrected chi connectivity index (χ4v) is 4.81. The van der Waals surface area contributed by atoms with Gasteiger partial charge >= 0.3 is 5.97 Å². The van der Waals surface area contributed by atoms with Gasteiger partial charge < -0.3 is 19.1 Å². The van der Waals surface area contributed by atoms with Crippen molar-refractivity contribution < 1.29 is 32.2 Å². The molecule has 0 saturated carbocycles. The molecule has 9 heteroatoms. The van der Waals surface area contributed by atoms with E-state index in [9.17, 15) is 18.0 Å². The molecule has 1 saturated heterocycles. The Morgan fingerprint density at radius 2 is 1.79 bits per heavy atom. The number of hydrogen-bond donors (Lipinski definition) is 0. The Kier molecular flexibility index (Phi) is 7.68. The molecule has 28 heavy (non-hydrogen) atoms. The summed E-state index contributed by atoms with van der Waals surface area (Å²) in [4.78, 5) is 26.5. The van der Waals surface area contributed by atoms with Crippen molar-refractivity contribution in [1.82, 2.24) is 4.90 Å². The summed E-state index contributed by atoms with van der Waals surface area (Å²) in [6.07, 6.45) is 2.04. The van der Waals surface area contributed by atoms with Gasteiger partial charge in [-0.05, 0) is 25.0 Å². The minimum absolute atomic E-state index is 0.0382. The maximum Gasteiger partial charge on any atom is 0.338 e. The van der Waals surface area contributed by atoms with Gasteiger partial charge in [-0.2, -0.15) is 0 Å². The summed E-state index contributed by atoms with van der Waals surface area (Å²) in [5.74, 6) is -0.170. The summed E-state index contributed by atoms with van der Waals surface area (Å²) < 4.78 is 38.9. The molecule has 156 valence electrons. The van der Waals surface area contributed by atoms with Crippen molar-refractivity contribution in [2.24, 2.45) is 0 Å². The second-order valence-corrected chi connectivity index (χ2v) is 8.90. The summed E-state index contributed by atoms with van der Waals surface area (Å²) in [5.41, 5.74) is 0.201. The molecule has 0 bridgehead atoms. The van der Waals surface area contributed by atoms with Gasteiger partial charge in [0.2, 0.25) is 0 Å². The second-order valence-electron chi connectivity index (χ2n) is 6.68. The molecule has 0 spiro atoms. The zero-order chi connectivity index (χ0) is 20.7. The minimum atomic E-state index is -3.12. The Hall–Kier alpha value is -2.29. The van der Waals surface area contributed by atoms with Crippen LogP contribution in [0.15, 0.2) is 18.2 Å². The number of benzene rings is 1. The Morgan fingerprint density at radius 3 is 2.29 bits per heavy atom. The molecule has 0 N–H and O–H groups in total. The van der Waals surface area contributed by atoms with E-state index in [1.807, 2.05) is 6.92 Å². The van der Waals surface area contributed by atoms with E-state index in [-0.39, 0.29) is 23.1 Å². The molecule has 1 amide bonds.